The third kappa shape index (κ3) is 0.997. The van der Waals surface area contributed by atoms with Gasteiger partial charge in [-0.1, -0.05) is 18.2 Å². The molecule has 1 aromatic carbocycles. The minimum Gasteiger partial charge on any atom is -0.192 e. The molecule has 11 heavy (non-hydrogen) atoms. The third-order valence-corrected chi connectivity index (χ3v) is 2.56. The van der Waals surface area contributed by atoms with Gasteiger partial charge in [-0.05, 0) is 17.5 Å². The highest BCUT2D eigenvalue weighted by atomic mass is 32.1. The first kappa shape index (κ1) is 6.38. The van der Waals surface area contributed by atoms with E-state index in [0.717, 1.165) is 10.3 Å². The summed E-state index contributed by atoms with van der Waals surface area (Å²) in [5.41, 5.74) is 0. The van der Waals surface area contributed by atoms with Crippen molar-refractivity contribution in [2.24, 2.45) is 0 Å². The predicted octanol–water partition coefficient (Wildman–Crippen LogP) is 2.77. The van der Waals surface area contributed by atoms with Crippen LogP contribution < -0.4 is 0 Å². The van der Waals surface area contributed by atoms with Gasteiger partial charge in [0.15, 0.2) is 0 Å². The molecule has 52 valence electrons. The molecule has 0 aliphatic heterocycles. The monoisotopic (exact) mass is 159 g/mol. The number of rotatable bonds is 0. The van der Waals surface area contributed by atoms with Crippen molar-refractivity contribution in [1.29, 1.82) is 5.26 Å². The number of nitrogens with zero attached hydrogens (tertiary/aromatic N) is 1. The zero-order valence-electron chi connectivity index (χ0n) is 5.74. The quantitative estimate of drug-likeness (QED) is 0.579. The van der Waals surface area contributed by atoms with Gasteiger partial charge in [0.05, 0.1) is 0 Å². The average Bonchev–Trinajstić information content (AvgIpc) is 2.46. The molecule has 0 aliphatic rings. The highest BCUT2D eigenvalue weighted by Crippen LogP contribution is 2.23. The Hall–Kier alpha value is -1.33. The van der Waals surface area contributed by atoms with E-state index in [1.807, 2.05) is 30.3 Å². The topological polar surface area (TPSA) is 23.8 Å². The van der Waals surface area contributed by atoms with E-state index in [0.29, 0.717) is 0 Å². The van der Waals surface area contributed by atoms with Gasteiger partial charge in [0.1, 0.15) is 10.9 Å². The maximum absolute atomic E-state index is 8.60. The summed E-state index contributed by atoms with van der Waals surface area (Å²) in [4.78, 5) is 0.784. The highest BCUT2D eigenvalue weighted by molar-refractivity contribution is 7.19. The Bertz CT molecular complexity index is 389. The molecule has 2 rings (SSSR count). The van der Waals surface area contributed by atoms with Crippen molar-refractivity contribution in [3.05, 3.63) is 35.2 Å². The predicted molar refractivity (Wildman–Crippen MR) is 46.5 cm³/mol. The van der Waals surface area contributed by atoms with Gasteiger partial charge in [-0.25, -0.2) is 0 Å². The van der Waals surface area contributed by atoms with Crippen molar-refractivity contribution in [3.63, 3.8) is 0 Å². The van der Waals surface area contributed by atoms with E-state index in [9.17, 15) is 0 Å². The summed E-state index contributed by atoms with van der Waals surface area (Å²) >= 11 is 1.54. The lowest BCUT2D eigenvalue weighted by molar-refractivity contribution is 1.52. The summed E-state index contributed by atoms with van der Waals surface area (Å²) in [7, 11) is 0. The zero-order valence-corrected chi connectivity index (χ0v) is 6.56. The molecule has 0 fully saturated rings. The van der Waals surface area contributed by atoms with Crippen LogP contribution in [-0.2, 0) is 0 Å². The number of nitriles is 1. The van der Waals surface area contributed by atoms with Crippen LogP contribution in [0.2, 0.25) is 0 Å². The molecule has 0 saturated heterocycles. The van der Waals surface area contributed by atoms with Crippen LogP contribution in [0.3, 0.4) is 0 Å². The number of hydrogen-bond donors (Lipinski definition) is 0. The Labute approximate surface area is 68.5 Å². The van der Waals surface area contributed by atoms with Gasteiger partial charge < -0.3 is 0 Å². The van der Waals surface area contributed by atoms with E-state index in [-0.39, 0.29) is 0 Å². The molecule has 0 spiro atoms. The first-order chi connectivity index (χ1) is 5.40. The van der Waals surface area contributed by atoms with Crippen LogP contribution >= 0.6 is 11.3 Å². The maximum atomic E-state index is 8.60. The van der Waals surface area contributed by atoms with Gasteiger partial charge in [0, 0.05) is 4.70 Å². The maximum Gasteiger partial charge on any atom is 0.110 e. The standard InChI is InChI=1S/C9H5NS/c10-6-8-5-7-3-1-2-4-9(7)11-8/h1-5H. The van der Waals surface area contributed by atoms with Crippen LogP contribution in [0.15, 0.2) is 30.3 Å². The zero-order chi connectivity index (χ0) is 7.68. The van der Waals surface area contributed by atoms with Crippen LogP contribution in [0.1, 0.15) is 4.88 Å². The van der Waals surface area contributed by atoms with Crippen LogP contribution in [0.25, 0.3) is 10.1 Å². The normalized spacial score (nSPS) is 9.73. The van der Waals surface area contributed by atoms with E-state index in [2.05, 4.69) is 6.07 Å². The van der Waals surface area contributed by atoms with Crippen molar-refractivity contribution < 1.29 is 0 Å². The van der Waals surface area contributed by atoms with Crippen molar-refractivity contribution >= 4 is 21.4 Å². The van der Waals surface area contributed by atoms with E-state index in [4.69, 9.17) is 5.26 Å². The fourth-order valence-electron chi connectivity index (χ4n) is 1.04. The van der Waals surface area contributed by atoms with Crippen LogP contribution in [0.4, 0.5) is 0 Å². The molecule has 0 amide bonds. The smallest absolute Gasteiger partial charge is 0.110 e. The molecule has 0 unspecified atom stereocenters. The SMILES string of the molecule is N#Cc1cc2ccccc2s1. The van der Waals surface area contributed by atoms with E-state index < -0.39 is 0 Å². The minimum atomic E-state index is 0.784. The molecule has 1 aromatic heterocycles. The first-order valence-corrected chi connectivity index (χ1v) is 4.10. The van der Waals surface area contributed by atoms with Gasteiger partial charge >= 0.3 is 0 Å². The lowest BCUT2D eigenvalue weighted by Crippen LogP contribution is -1.57. The Balaban J connectivity index is 2.81. The molecule has 2 heteroatoms. The van der Waals surface area contributed by atoms with E-state index in [1.165, 1.54) is 16.0 Å². The van der Waals surface area contributed by atoms with Crippen molar-refractivity contribution in [2.75, 3.05) is 0 Å². The van der Waals surface area contributed by atoms with Crippen molar-refractivity contribution in [2.45, 2.75) is 0 Å². The summed E-state index contributed by atoms with van der Waals surface area (Å²) in [6, 6.07) is 12.1. The van der Waals surface area contributed by atoms with Gasteiger partial charge in [-0.15, -0.1) is 11.3 Å². The van der Waals surface area contributed by atoms with Crippen molar-refractivity contribution in [3.8, 4) is 6.07 Å². The van der Waals surface area contributed by atoms with Crippen LogP contribution in [0, 0.1) is 11.3 Å². The minimum absolute atomic E-state index is 0.784. The van der Waals surface area contributed by atoms with Gasteiger partial charge in [0.2, 0.25) is 0 Å². The van der Waals surface area contributed by atoms with Crippen molar-refractivity contribution in [1.82, 2.24) is 0 Å². The number of thiophene rings is 1. The molecule has 1 heterocycles. The lowest BCUT2D eigenvalue weighted by Gasteiger charge is -1.81. The molecular formula is C9H5NS. The van der Waals surface area contributed by atoms with Gasteiger partial charge in [-0.3, -0.25) is 0 Å². The molecule has 1 nitrogen and oxygen atoms in total. The Morgan fingerprint density at radius 1 is 1.27 bits per heavy atom. The summed E-state index contributed by atoms with van der Waals surface area (Å²) < 4.78 is 1.18. The number of fused-ring (bicyclic) bond motifs is 1. The average molecular weight is 159 g/mol. The first-order valence-electron chi connectivity index (χ1n) is 3.29. The van der Waals surface area contributed by atoms with Gasteiger partial charge in [-0.2, -0.15) is 5.26 Å². The highest BCUT2D eigenvalue weighted by Gasteiger charge is 1.97. The summed E-state index contributed by atoms with van der Waals surface area (Å²) in [5, 5.41) is 9.76. The molecule has 0 saturated carbocycles. The van der Waals surface area contributed by atoms with Crippen LogP contribution in [-0.4, -0.2) is 0 Å². The molecule has 0 radical (unpaired) electrons. The molecule has 0 aliphatic carbocycles. The molecular weight excluding hydrogens is 154 g/mol. The lowest BCUT2D eigenvalue weighted by atomic mass is 10.2. The Morgan fingerprint density at radius 3 is 2.82 bits per heavy atom. The third-order valence-electron chi connectivity index (χ3n) is 1.54. The summed E-state index contributed by atoms with van der Waals surface area (Å²) in [6.07, 6.45) is 0. The molecule has 0 bridgehead atoms. The van der Waals surface area contributed by atoms with E-state index >= 15 is 0 Å². The largest absolute Gasteiger partial charge is 0.192 e. The number of hydrogen-bond acceptors (Lipinski definition) is 2. The molecule has 0 N–H and O–H groups in total. The Kier molecular flexibility index (Phi) is 1.38. The second-order valence-electron chi connectivity index (χ2n) is 2.26. The van der Waals surface area contributed by atoms with Crippen LogP contribution in [0.5, 0.6) is 0 Å². The van der Waals surface area contributed by atoms with Gasteiger partial charge in [0.25, 0.3) is 0 Å². The fourth-order valence-corrected chi connectivity index (χ4v) is 1.90. The second-order valence-corrected chi connectivity index (χ2v) is 3.34. The Morgan fingerprint density at radius 2 is 2.09 bits per heavy atom. The molecule has 2 aromatic rings. The fraction of sp³-hybridized carbons (Fsp3) is 0. The van der Waals surface area contributed by atoms with E-state index in [1.54, 1.807) is 0 Å². The summed E-state index contributed by atoms with van der Waals surface area (Å²) in [6.45, 7) is 0. The second kappa shape index (κ2) is 2.37. The summed E-state index contributed by atoms with van der Waals surface area (Å²) in [5.74, 6) is 0. The number of benzene rings is 1. The molecule has 0 atom stereocenters.